The van der Waals surface area contributed by atoms with E-state index in [1.807, 2.05) is 16.3 Å². The molecule has 1 aromatic heterocycles. The molecule has 1 saturated heterocycles. The molecule has 10 heteroatoms. The summed E-state index contributed by atoms with van der Waals surface area (Å²) in [7, 11) is 1.44. The second-order valence-electron chi connectivity index (χ2n) is 7.74. The monoisotopic (exact) mass is 460 g/mol. The van der Waals surface area contributed by atoms with E-state index < -0.39 is 11.0 Å². The molecular weight excluding hydrogens is 432 g/mol. The normalized spacial score (nSPS) is 15.7. The van der Waals surface area contributed by atoms with Crippen molar-refractivity contribution in [3.05, 3.63) is 50.7 Å². The third kappa shape index (κ3) is 6.04. The number of methoxy groups -OCH3 is 1. The molecule has 172 valence electrons. The fraction of sp³-hybridized carbons (Fsp3) is 0.455. The van der Waals surface area contributed by atoms with E-state index in [9.17, 15) is 19.7 Å². The predicted molar refractivity (Wildman–Crippen MR) is 123 cm³/mol. The molecule has 2 aromatic rings. The van der Waals surface area contributed by atoms with E-state index in [0.29, 0.717) is 38.2 Å². The first-order valence-corrected chi connectivity index (χ1v) is 11.4. The Balaban J connectivity index is 1.48. The number of thiophene rings is 1. The number of hydrogen-bond acceptors (Lipinski definition) is 7. The molecule has 1 aliphatic heterocycles. The van der Waals surface area contributed by atoms with Gasteiger partial charge in [-0.15, -0.1) is 11.3 Å². The van der Waals surface area contributed by atoms with Crippen molar-refractivity contribution >= 4 is 34.5 Å². The topological polar surface area (TPSA) is 114 Å². The Morgan fingerprint density at radius 1 is 1.31 bits per heavy atom. The van der Waals surface area contributed by atoms with Crippen LogP contribution in [0.5, 0.6) is 5.75 Å². The molecule has 0 bridgehead atoms. The predicted octanol–water partition coefficient (Wildman–Crippen LogP) is 3.06. The van der Waals surface area contributed by atoms with Crippen molar-refractivity contribution in [1.29, 1.82) is 0 Å². The van der Waals surface area contributed by atoms with Gasteiger partial charge in [-0.3, -0.25) is 24.6 Å². The molecule has 0 spiro atoms. The largest absolute Gasteiger partial charge is 0.495 e. The molecule has 1 aliphatic rings. The highest BCUT2D eigenvalue weighted by molar-refractivity contribution is 7.09. The summed E-state index contributed by atoms with van der Waals surface area (Å²) in [6.07, 6.45) is 2.20. The average molecular weight is 461 g/mol. The minimum Gasteiger partial charge on any atom is -0.495 e. The first kappa shape index (κ1) is 23.7. The van der Waals surface area contributed by atoms with Crippen molar-refractivity contribution in [1.82, 2.24) is 10.2 Å². The van der Waals surface area contributed by atoms with E-state index in [2.05, 4.69) is 16.7 Å². The number of carbonyl (C=O) groups excluding carboxylic acids is 2. The molecule has 0 radical (unpaired) electrons. The van der Waals surface area contributed by atoms with Crippen molar-refractivity contribution in [3.63, 3.8) is 0 Å². The SMILES string of the molecule is COc1ccc([N+](=O)[O-])cc1NC(=O)C(C)N1CCC(C(=O)NCCc2cccs2)CC1. The number of amides is 2. The van der Waals surface area contributed by atoms with E-state index in [1.54, 1.807) is 18.3 Å². The Bertz CT molecular complexity index is 942. The van der Waals surface area contributed by atoms with Gasteiger partial charge in [-0.25, -0.2) is 0 Å². The van der Waals surface area contributed by atoms with Crippen LogP contribution in [0, 0.1) is 16.0 Å². The highest BCUT2D eigenvalue weighted by atomic mass is 32.1. The smallest absolute Gasteiger partial charge is 0.271 e. The van der Waals surface area contributed by atoms with E-state index >= 15 is 0 Å². The number of piperidine rings is 1. The summed E-state index contributed by atoms with van der Waals surface area (Å²) in [5, 5.41) is 18.8. The maximum absolute atomic E-state index is 12.8. The maximum Gasteiger partial charge on any atom is 0.271 e. The van der Waals surface area contributed by atoms with Crippen LogP contribution in [0.2, 0.25) is 0 Å². The summed E-state index contributed by atoms with van der Waals surface area (Å²) in [5.74, 6) is 0.0954. The van der Waals surface area contributed by atoms with Crippen LogP contribution < -0.4 is 15.4 Å². The van der Waals surface area contributed by atoms with Gasteiger partial charge in [0.1, 0.15) is 5.75 Å². The fourth-order valence-electron chi connectivity index (χ4n) is 3.77. The number of nitrogens with zero attached hydrogens (tertiary/aromatic N) is 2. The highest BCUT2D eigenvalue weighted by Crippen LogP contribution is 2.29. The van der Waals surface area contributed by atoms with Crippen LogP contribution in [0.4, 0.5) is 11.4 Å². The zero-order valence-electron chi connectivity index (χ0n) is 18.2. The summed E-state index contributed by atoms with van der Waals surface area (Å²) in [5.41, 5.74) is 0.137. The van der Waals surface area contributed by atoms with Crippen LogP contribution in [0.1, 0.15) is 24.6 Å². The molecule has 0 saturated carbocycles. The average Bonchev–Trinajstić information content (AvgIpc) is 3.32. The van der Waals surface area contributed by atoms with Gasteiger partial charge in [-0.2, -0.15) is 0 Å². The number of non-ortho nitro benzene ring substituents is 1. The molecule has 1 fully saturated rings. The summed E-state index contributed by atoms with van der Waals surface area (Å²) in [6, 6.07) is 7.70. The molecule has 1 unspecified atom stereocenters. The molecule has 9 nitrogen and oxygen atoms in total. The standard InChI is InChI=1S/C22H28N4O5S/c1-15(21(27)24-19-14-17(26(29)30)5-6-20(19)31-2)25-11-8-16(9-12-25)22(28)23-10-7-18-4-3-13-32-18/h3-6,13-16H,7-12H2,1-2H3,(H,23,28)(H,24,27). The number of nitrogens with one attached hydrogen (secondary N) is 2. The van der Waals surface area contributed by atoms with Crippen molar-refractivity contribution in [3.8, 4) is 5.75 Å². The van der Waals surface area contributed by atoms with Crippen molar-refractivity contribution in [2.24, 2.45) is 5.92 Å². The van der Waals surface area contributed by atoms with Gasteiger partial charge < -0.3 is 15.4 Å². The first-order valence-electron chi connectivity index (χ1n) is 10.6. The highest BCUT2D eigenvalue weighted by Gasteiger charge is 2.30. The Labute approximate surface area is 190 Å². The summed E-state index contributed by atoms with van der Waals surface area (Å²) in [6.45, 7) is 3.68. The second kappa shape index (κ2) is 11.1. The third-order valence-electron chi connectivity index (χ3n) is 5.73. The molecule has 0 aliphatic carbocycles. The van der Waals surface area contributed by atoms with Crippen LogP contribution in [0.15, 0.2) is 35.7 Å². The number of benzene rings is 1. The van der Waals surface area contributed by atoms with Crippen LogP contribution in [-0.4, -0.2) is 54.4 Å². The van der Waals surface area contributed by atoms with Gasteiger partial charge in [-0.1, -0.05) is 6.07 Å². The van der Waals surface area contributed by atoms with Crippen molar-refractivity contribution < 1.29 is 19.2 Å². The number of nitro benzene ring substituents is 1. The number of likely N-dealkylation sites (tertiary alicyclic amines) is 1. The summed E-state index contributed by atoms with van der Waals surface area (Å²) >= 11 is 1.68. The number of hydrogen-bond donors (Lipinski definition) is 2. The molecule has 2 heterocycles. The van der Waals surface area contributed by atoms with Crippen LogP contribution in [0.25, 0.3) is 0 Å². The number of carbonyl (C=O) groups is 2. The molecule has 2 N–H and O–H groups in total. The minimum atomic E-state index is -0.519. The van der Waals surface area contributed by atoms with E-state index in [1.165, 1.54) is 30.2 Å². The maximum atomic E-state index is 12.8. The molecule has 2 amide bonds. The molecule has 1 aromatic carbocycles. The third-order valence-corrected chi connectivity index (χ3v) is 6.67. The molecule has 1 atom stereocenters. The number of anilines is 1. The van der Waals surface area contributed by atoms with Crippen LogP contribution in [0.3, 0.4) is 0 Å². The lowest BCUT2D eigenvalue weighted by molar-refractivity contribution is -0.384. The van der Waals surface area contributed by atoms with Crippen molar-refractivity contribution in [2.45, 2.75) is 32.2 Å². The number of ether oxygens (including phenoxy) is 1. The van der Waals surface area contributed by atoms with Gasteiger partial charge in [0.25, 0.3) is 5.69 Å². The number of rotatable bonds is 9. The second-order valence-corrected chi connectivity index (χ2v) is 8.77. The van der Waals surface area contributed by atoms with Gasteiger partial charge in [0.15, 0.2) is 0 Å². The first-order chi connectivity index (χ1) is 15.4. The number of nitro groups is 1. The lowest BCUT2D eigenvalue weighted by Gasteiger charge is -2.34. The van der Waals surface area contributed by atoms with Gasteiger partial charge in [0.2, 0.25) is 11.8 Å². The molecule has 32 heavy (non-hydrogen) atoms. The van der Waals surface area contributed by atoms with Gasteiger partial charge in [0.05, 0.1) is 23.8 Å². The van der Waals surface area contributed by atoms with Crippen LogP contribution in [-0.2, 0) is 16.0 Å². The quantitative estimate of drug-likeness (QED) is 0.439. The zero-order valence-corrected chi connectivity index (χ0v) is 19.0. The van der Waals surface area contributed by atoms with Crippen LogP contribution >= 0.6 is 11.3 Å². The molecule has 3 rings (SSSR count). The molecular formula is C22H28N4O5S. The van der Waals surface area contributed by atoms with Gasteiger partial charge in [0, 0.05) is 29.5 Å². The van der Waals surface area contributed by atoms with E-state index in [0.717, 1.165) is 6.42 Å². The zero-order chi connectivity index (χ0) is 23.1. The van der Waals surface area contributed by atoms with E-state index in [4.69, 9.17) is 4.74 Å². The van der Waals surface area contributed by atoms with Gasteiger partial charge in [-0.05, 0) is 56.8 Å². The Hall–Kier alpha value is -2.98. The Morgan fingerprint density at radius 3 is 2.69 bits per heavy atom. The summed E-state index contributed by atoms with van der Waals surface area (Å²) < 4.78 is 5.21. The lowest BCUT2D eigenvalue weighted by Crippen LogP contribution is -2.48. The van der Waals surface area contributed by atoms with E-state index in [-0.39, 0.29) is 29.1 Å². The van der Waals surface area contributed by atoms with Gasteiger partial charge >= 0.3 is 0 Å². The Kier molecular flexibility index (Phi) is 8.18. The van der Waals surface area contributed by atoms with Crippen molar-refractivity contribution in [2.75, 3.05) is 32.1 Å². The Morgan fingerprint density at radius 2 is 2.06 bits per heavy atom. The fourth-order valence-corrected chi connectivity index (χ4v) is 4.48. The minimum absolute atomic E-state index is 0.0540. The summed E-state index contributed by atoms with van der Waals surface area (Å²) in [4.78, 5) is 39.0. The lowest BCUT2D eigenvalue weighted by atomic mass is 9.95.